The Labute approximate surface area is 167 Å². The summed E-state index contributed by atoms with van der Waals surface area (Å²) in [4.78, 5) is 48.9. The molecular formula is C23H18O6. The molecule has 1 aliphatic carbocycles. The summed E-state index contributed by atoms with van der Waals surface area (Å²) in [7, 11) is 0. The standard InChI is InChI=1S/C23H18O6/c1-14(24)28-20-12-5-3-8-18(20)22(26)16-10-7-11-17(16)23(27)19-9-4-6-13-21(19)29-15(2)25/h3-13,16H,1-2H3. The summed E-state index contributed by atoms with van der Waals surface area (Å²) in [6.07, 6.45) is 4.79. The van der Waals surface area contributed by atoms with Crippen LogP contribution in [0.25, 0.3) is 0 Å². The highest BCUT2D eigenvalue weighted by Gasteiger charge is 2.32. The number of carbonyl (C=O) groups excluding carboxylic acids is 4. The van der Waals surface area contributed by atoms with E-state index in [-0.39, 0.29) is 34.0 Å². The van der Waals surface area contributed by atoms with E-state index in [2.05, 4.69) is 0 Å². The van der Waals surface area contributed by atoms with Crippen LogP contribution in [0.1, 0.15) is 34.6 Å². The summed E-state index contributed by atoms with van der Waals surface area (Å²) in [6, 6.07) is 12.7. The van der Waals surface area contributed by atoms with E-state index in [1.54, 1.807) is 48.6 Å². The van der Waals surface area contributed by atoms with Crippen molar-refractivity contribution in [3.63, 3.8) is 0 Å². The molecule has 0 fully saturated rings. The molecule has 1 aliphatic rings. The van der Waals surface area contributed by atoms with Gasteiger partial charge in [0, 0.05) is 19.4 Å². The molecule has 0 saturated heterocycles. The topological polar surface area (TPSA) is 86.7 Å². The molecule has 6 nitrogen and oxygen atoms in total. The maximum atomic E-state index is 13.1. The van der Waals surface area contributed by atoms with Crippen molar-refractivity contribution in [1.82, 2.24) is 0 Å². The molecule has 0 spiro atoms. The smallest absolute Gasteiger partial charge is 0.308 e. The van der Waals surface area contributed by atoms with Crippen LogP contribution in [0.5, 0.6) is 11.5 Å². The first-order valence-electron chi connectivity index (χ1n) is 8.90. The maximum absolute atomic E-state index is 13.1. The Balaban J connectivity index is 1.93. The summed E-state index contributed by atoms with van der Waals surface area (Å²) in [6.45, 7) is 2.49. The monoisotopic (exact) mass is 390 g/mol. The van der Waals surface area contributed by atoms with Crippen molar-refractivity contribution >= 4 is 23.5 Å². The van der Waals surface area contributed by atoms with E-state index >= 15 is 0 Å². The summed E-state index contributed by atoms with van der Waals surface area (Å²) < 4.78 is 10.2. The van der Waals surface area contributed by atoms with E-state index in [0.29, 0.717) is 0 Å². The molecule has 29 heavy (non-hydrogen) atoms. The van der Waals surface area contributed by atoms with Gasteiger partial charge in [-0.25, -0.2) is 0 Å². The van der Waals surface area contributed by atoms with Gasteiger partial charge in [0.1, 0.15) is 11.5 Å². The Morgan fingerprint density at radius 3 is 1.86 bits per heavy atom. The Kier molecular flexibility index (Phi) is 5.83. The highest BCUT2D eigenvalue weighted by molar-refractivity contribution is 6.17. The Bertz CT molecular complexity index is 1060. The number of allylic oxidation sites excluding steroid dienone is 4. The van der Waals surface area contributed by atoms with Crippen LogP contribution in [-0.2, 0) is 9.59 Å². The summed E-state index contributed by atoms with van der Waals surface area (Å²) >= 11 is 0. The largest absolute Gasteiger partial charge is 0.426 e. The van der Waals surface area contributed by atoms with E-state index in [4.69, 9.17) is 9.47 Å². The number of ketones is 2. The van der Waals surface area contributed by atoms with Crippen LogP contribution >= 0.6 is 0 Å². The number of para-hydroxylation sites is 2. The second-order valence-corrected chi connectivity index (χ2v) is 6.36. The van der Waals surface area contributed by atoms with Crippen LogP contribution in [0.15, 0.2) is 72.3 Å². The van der Waals surface area contributed by atoms with Gasteiger partial charge in [0.15, 0.2) is 11.6 Å². The molecule has 1 unspecified atom stereocenters. The SMILES string of the molecule is CC(=O)Oc1ccccc1C(=O)C1=CC=CC1C(=O)c1ccccc1OC(C)=O. The molecule has 0 radical (unpaired) electrons. The predicted octanol–water partition coefficient (Wildman–Crippen LogP) is 3.72. The fraction of sp³-hybridized carbons (Fsp3) is 0.130. The van der Waals surface area contributed by atoms with Crippen molar-refractivity contribution in [2.24, 2.45) is 5.92 Å². The van der Waals surface area contributed by atoms with Crippen molar-refractivity contribution in [3.05, 3.63) is 83.5 Å². The first kappa shape index (κ1) is 19.9. The van der Waals surface area contributed by atoms with Gasteiger partial charge in [-0.2, -0.15) is 0 Å². The van der Waals surface area contributed by atoms with Gasteiger partial charge in [0.25, 0.3) is 0 Å². The molecule has 3 rings (SSSR count). The number of hydrogen-bond acceptors (Lipinski definition) is 6. The summed E-state index contributed by atoms with van der Waals surface area (Å²) in [5.74, 6) is -2.47. The molecular weight excluding hydrogens is 372 g/mol. The van der Waals surface area contributed by atoms with Gasteiger partial charge in [0.2, 0.25) is 0 Å². The van der Waals surface area contributed by atoms with E-state index < -0.39 is 23.6 Å². The van der Waals surface area contributed by atoms with Gasteiger partial charge in [-0.1, -0.05) is 42.5 Å². The molecule has 1 atom stereocenters. The number of benzene rings is 2. The van der Waals surface area contributed by atoms with Crippen LogP contribution in [0.3, 0.4) is 0 Å². The summed E-state index contributed by atoms with van der Waals surface area (Å²) in [5, 5.41) is 0. The van der Waals surface area contributed by atoms with E-state index in [1.807, 2.05) is 0 Å². The second kappa shape index (κ2) is 8.48. The fourth-order valence-corrected chi connectivity index (χ4v) is 3.06. The van der Waals surface area contributed by atoms with Gasteiger partial charge in [0.05, 0.1) is 17.0 Å². The number of hydrogen-bond donors (Lipinski definition) is 0. The molecule has 2 aromatic rings. The Morgan fingerprint density at radius 2 is 1.28 bits per heavy atom. The molecule has 0 bridgehead atoms. The number of rotatable bonds is 6. The van der Waals surface area contributed by atoms with Crippen LogP contribution < -0.4 is 9.47 Å². The van der Waals surface area contributed by atoms with Gasteiger partial charge in [-0.3, -0.25) is 19.2 Å². The zero-order valence-electron chi connectivity index (χ0n) is 15.9. The molecule has 146 valence electrons. The van der Waals surface area contributed by atoms with Gasteiger partial charge < -0.3 is 9.47 Å². The molecule has 0 saturated carbocycles. The van der Waals surface area contributed by atoms with E-state index in [0.717, 1.165) is 0 Å². The van der Waals surface area contributed by atoms with Crippen LogP contribution in [0.4, 0.5) is 0 Å². The van der Waals surface area contributed by atoms with Crippen LogP contribution in [-0.4, -0.2) is 23.5 Å². The van der Waals surface area contributed by atoms with Crippen molar-refractivity contribution in [3.8, 4) is 11.5 Å². The number of Topliss-reactive ketones (excluding diaryl/α,β-unsaturated/α-hetero) is 2. The quantitative estimate of drug-likeness (QED) is 0.424. The molecule has 2 aromatic carbocycles. The Morgan fingerprint density at radius 1 is 0.759 bits per heavy atom. The number of ether oxygens (including phenoxy) is 2. The number of esters is 2. The number of carbonyl (C=O) groups is 4. The average Bonchev–Trinajstić information content (AvgIpc) is 3.17. The Hall–Kier alpha value is -3.80. The van der Waals surface area contributed by atoms with Gasteiger partial charge in [-0.15, -0.1) is 0 Å². The zero-order chi connectivity index (χ0) is 21.0. The third kappa shape index (κ3) is 4.38. The summed E-state index contributed by atoms with van der Waals surface area (Å²) in [5.41, 5.74) is 0.627. The minimum Gasteiger partial charge on any atom is -0.426 e. The predicted molar refractivity (Wildman–Crippen MR) is 105 cm³/mol. The van der Waals surface area contributed by atoms with E-state index in [1.165, 1.54) is 32.0 Å². The molecule has 0 aromatic heterocycles. The normalized spacial score (nSPS) is 14.8. The highest BCUT2D eigenvalue weighted by atomic mass is 16.5. The average molecular weight is 390 g/mol. The van der Waals surface area contributed by atoms with Gasteiger partial charge in [-0.05, 0) is 24.3 Å². The first-order chi connectivity index (χ1) is 13.9. The van der Waals surface area contributed by atoms with Gasteiger partial charge >= 0.3 is 11.9 Å². The third-order valence-corrected chi connectivity index (χ3v) is 4.25. The van der Waals surface area contributed by atoms with E-state index in [9.17, 15) is 19.2 Å². The van der Waals surface area contributed by atoms with Crippen LogP contribution in [0, 0.1) is 5.92 Å². The maximum Gasteiger partial charge on any atom is 0.308 e. The lowest BCUT2D eigenvalue weighted by atomic mass is 9.88. The highest BCUT2D eigenvalue weighted by Crippen LogP contribution is 2.32. The van der Waals surface area contributed by atoms with Crippen molar-refractivity contribution in [2.45, 2.75) is 13.8 Å². The minimum absolute atomic E-state index is 0.129. The van der Waals surface area contributed by atoms with Crippen molar-refractivity contribution in [1.29, 1.82) is 0 Å². The second-order valence-electron chi connectivity index (χ2n) is 6.36. The molecule has 6 heteroatoms. The molecule has 0 amide bonds. The molecule has 0 heterocycles. The zero-order valence-corrected chi connectivity index (χ0v) is 15.9. The minimum atomic E-state index is -0.843. The third-order valence-electron chi connectivity index (χ3n) is 4.25. The van der Waals surface area contributed by atoms with Crippen LogP contribution in [0.2, 0.25) is 0 Å². The first-order valence-corrected chi connectivity index (χ1v) is 8.90. The molecule has 0 N–H and O–H groups in total. The lowest BCUT2D eigenvalue weighted by molar-refractivity contribution is -0.132. The lowest BCUT2D eigenvalue weighted by Gasteiger charge is -2.15. The van der Waals surface area contributed by atoms with Crippen molar-refractivity contribution in [2.75, 3.05) is 0 Å². The van der Waals surface area contributed by atoms with Crippen molar-refractivity contribution < 1.29 is 28.7 Å². The lowest BCUT2D eigenvalue weighted by Crippen LogP contribution is -2.20. The fourth-order valence-electron chi connectivity index (χ4n) is 3.06. The molecule has 0 aliphatic heterocycles.